The molecule has 114 valence electrons. The van der Waals surface area contributed by atoms with Gasteiger partial charge in [0, 0.05) is 30.6 Å². The summed E-state index contributed by atoms with van der Waals surface area (Å²) in [5, 5.41) is 6.85. The topological polar surface area (TPSA) is 28.2 Å². The predicted octanol–water partition coefficient (Wildman–Crippen LogP) is 3.62. The van der Waals surface area contributed by atoms with E-state index in [4.69, 9.17) is 0 Å². The highest BCUT2D eigenvalue weighted by Crippen LogP contribution is 2.21. The molecule has 1 atom stereocenters. The molecule has 0 saturated carbocycles. The van der Waals surface area contributed by atoms with Gasteiger partial charge in [0.1, 0.15) is 0 Å². The zero-order chi connectivity index (χ0) is 15.2. The fourth-order valence-corrected chi connectivity index (χ4v) is 3.00. The van der Waals surface area contributed by atoms with Crippen molar-refractivity contribution in [3.8, 4) is 0 Å². The number of hydrogen-bond acceptors (Lipinski definition) is 4. The maximum absolute atomic E-state index is 4.58. The van der Waals surface area contributed by atoms with Crippen LogP contribution < -0.4 is 5.32 Å². The molecule has 3 nitrogen and oxygen atoms in total. The highest BCUT2D eigenvalue weighted by Gasteiger charge is 2.18. The van der Waals surface area contributed by atoms with E-state index in [9.17, 15) is 0 Å². The monoisotopic (exact) mass is 303 g/mol. The lowest BCUT2D eigenvalue weighted by atomic mass is 10.1. The number of hydrogen-bond donors (Lipinski definition) is 1. The Morgan fingerprint density at radius 1 is 1.24 bits per heavy atom. The minimum absolute atomic E-state index is 0.357. The van der Waals surface area contributed by atoms with Crippen LogP contribution in [0.1, 0.15) is 36.2 Å². The fraction of sp³-hybridized carbons (Fsp3) is 0.471. The van der Waals surface area contributed by atoms with Crippen molar-refractivity contribution in [1.29, 1.82) is 0 Å². The van der Waals surface area contributed by atoms with Crippen molar-refractivity contribution in [2.75, 3.05) is 13.6 Å². The van der Waals surface area contributed by atoms with Crippen LogP contribution in [0.4, 0.5) is 0 Å². The smallest absolute Gasteiger partial charge is 0.0897 e. The minimum atomic E-state index is 0.357. The second-order valence-corrected chi connectivity index (χ2v) is 6.82. The molecule has 0 amide bonds. The molecule has 2 aromatic rings. The third-order valence-electron chi connectivity index (χ3n) is 3.51. The van der Waals surface area contributed by atoms with Crippen LogP contribution in [-0.4, -0.2) is 29.5 Å². The van der Waals surface area contributed by atoms with E-state index in [0.29, 0.717) is 12.1 Å². The standard InChI is InChI=1S/C17H25N3S/c1-13(2)18-10-17(15-8-6-5-7-9-15)20(4)11-16-12-21-14(3)19-16/h5-9,12-13,17-18H,10-11H2,1-4H3. The summed E-state index contributed by atoms with van der Waals surface area (Å²) in [6.45, 7) is 8.26. The maximum Gasteiger partial charge on any atom is 0.0897 e. The van der Waals surface area contributed by atoms with Gasteiger partial charge >= 0.3 is 0 Å². The quantitative estimate of drug-likeness (QED) is 0.846. The van der Waals surface area contributed by atoms with E-state index in [-0.39, 0.29) is 0 Å². The molecule has 4 heteroatoms. The SMILES string of the molecule is Cc1nc(CN(C)C(CNC(C)C)c2ccccc2)cs1. The number of nitrogens with one attached hydrogen (secondary N) is 1. The van der Waals surface area contributed by atoms with Crippen molar-refractivity contribution < 1.29 is 0 Å². The molecular formula is C17H25N3S. The van der Waals surface area contributed by atoms with Gasteiger partial charge in [-0.15, -0.1) is 11.3 Å². The van der Waals surface area contributed by atoms with E-state index >= 15 is 0 Å². The van der Waals surface area contributed by atoms with Crippen molar-refractivity contribution in [1.82, 2.24) is 15.2 Å². The van der Waals surface area contributed by atoms with Gasteiger partial charge < -0.3 is 5.32 Å². The lowest BCUT2D eigenvalue weighted by Crippen LogP contribution is -2.36. The number of rotatable bonds is 7. The summed E-state index contributed by atoms with van der Waals surface area (Å²) in [6, 6.07) is 11.5. The molecule has 1 aromatic carbocycles. The average molecular weight is 303 g/mol. The van der Waals surface area contributed by atoms with Gasteiger partial charge in [-0.1, -0.05) is 44.2 Å². The first-order chi connectivity index (χ1) is 10.1. The van der Waals surface area contributed by atoms with Crippen LogP contribution >= 0.6 is 11.3 Å². The summed E-state index contributed by atoms with van der Waals surface area (Å²) in [7, 11) is 2.17. The summed E-state index contributed by atoms with van der Waals surface area (Å²) < 4.78 is 0. The Labute approximate surface area is 132 Å². The number of thiazole rings is 1. The first-order valence-corrected chi connectivity index (χ1v) is 8.34. The number of nitrogens with zero attached hydrogens (tertiary/aromatic N) is 2. The first kappa shape index (κ1) is 16.1. The molecule has 1 aromatic heterocycles. The van der Waals surface area contributed by atoms with Crippen LogP contribution in [0.15, 0.2) is 35.7 Å². The van der Waals surface area contributed by atoms with E-state index in [1.54, 1.807) is 11.3 Å². The highest BCUT2D eigenvalue weighted by molar-refractivity contribution is 7.09. The van der Waals surface area contributed by atoms with Crippen molar-refractivity contribution in [3.05, 3.63) is 52.0 Å². The Hall–Kier alpha value is -1.23. The van der Waals surface area contributed by atoms with E-state index in [0.717, 1.165) is 23.8 Å². The summed E-state index contributed by atoms with van der Waals surface area (Å²) in [4.78, 5) is 6.95. The Morgan fingerprint density at radius 3 is 2.52 bits per heavy atom. The van der Waals surface area contributed by atoms with Gasteiger partial charge in [0.25, 0.3) is 0 Å². The molecule has 0 fully saturated rings. The Morgan fingerprint density at radius 2 is 1.95 bits per heavy atom. The van der Waals surface area contributed by atoms with Crippen molar-refractivity contribution in [2.24, 2.45) is 0 Å². The molecule has 0 aliphatic heterocycles. The molecule has 21 heavy (non-hydrogen) atoms. The number of aromatic nitrogens is 1. The van der Waals surface area contributed by atoms with Gasteiger partial charge in [-0.2, -0.15) is 0 Å². The van der Waals surface area contributed by atoms with Gasteiger partial charge in [0.2, 0.25) is 0 Å². The second-order valence-electron chi connectivity index (χ2n) is 5.76. The zero-order valence-electron chi connectivity index (χ0n) is 13.3. The van der Waals surface area contributed by atoms with Gasteiger partial charge in [0.15, 0.2) is 0 Å². The molecule has 2 rings (SSSR count). The lowest BCUT2D eigenvalue weighted by Gasteiger charge is -2.29. The Balaban J connectivity index is 2.10. The van der Waals surface area contributed by atoms with Gasteiger partial charge in [-0.05, 0) is 19.5 Å². The summed E-state index contributed by atoms with van der Waals surface area (Å²) in [6.07, 6.45) is 0. The Bertz CT molecular complexity index is 536. The van der Waals surface area contributed by atoms with E-state index in [1.807, 2.05) is 0 Å². The van der Waals surface area contributed by atoms with Crippen LogP contribution in [0.5, 0.6) is 0 Å². The minimum Gasteiger partial charge on any atom is -0.313 e. The second kappa shape index (κ2) is 7.69. The van der Waals surface area contributed by atoms with Crippen LogP contribution in [0.2, 0.25) is 0 Å². The van der Waals surface area contributed by atoms with Crippen LogP contribution in [0, 0.1) is 6.92 Å². The van der Waals surface area contributed by atoms with Crippen LogP contribution in [0.3, 0.4) is 0 Å². The third kappa shape index (κ3) is 4.92. The van der Waals surface area contributed by atoms with Crippen LogP contribution in [-0.2, 0) is 6.54 Å². The van der Waals surface area contributed by atoms with Crippen molar-refractivity contribution >= 4 is 11.3 Å². The summed E-state index contributed by atoms with van der Waals surface area (Å²) >= 11 is 1.72. The highest BCUT2D eigenvalue weighted by atomic mass is 32.1. The molecule has 0 aliphatic rings. The first-order valence-electron chi connectivity index (χ1n) is 7.46. The van der Waals surface area contributed by atoms with Crippen molar-refractivity contribution in [2.45, 2.75) is 39.4 Å². The molecule has 0 spiro atoms. The largest absolute Gasteiger partial charge is 0.313 e. The molecular weight excluding hydrogens is 278 g/mol. The van der Waals surface area contributed by atoms with E-state index < -0.39 is 0 Å². The molecule has 0 aliphatic carbocycles. The molecule has 1 unspecified atom stereocenters. The number of likely N-dealkylation sites (N-methyl/N-ethyl adjacent to an activating group) is 1. The third-order valence-corrected chi connectivity index (χ3v) is 4.34. The average Bonchev–Trinajstić information content (AvgIpc) is 2.85. The van der Waals surface area contributed by atoms with Gasteiger partial charge in [-0.25, -0.2) is 4.98 Å². The predicted molar refractivity (Wildman–Crippen MR) is 90.6 cm³/mol. The van der Waals surface area contributed by atoms with Crippen molar-refractivity contribution in [3.63, 3.8) is 0 Å². The van der Waals surface area contributed by atoms with E-state index in [2.05, 4.69) is 78.7 Å². The van der Waals surface area contributed by atoms with Gasteiger partial charge in [0.05, 0.1) is 10.7 Å². The summed E-state index contributed by atoms with van der Waals surface area (Å²) in [5.41, 5.74) is 2.51. The fourth-order valence-electron chi connectivity index (χ4n) is 2.40. The molecule has 0 bridgehead atoms. The molecule has 0 radical (unpaired) electrons. The number of aryl methyl sites for hydroxylation is 1. The molecule has 1 N–H and O–H groups in total. The Kier molecular flexibility index (Phi) is 5.91. The van der Waals surface area contributed by atoms with Gasteiger partial charge in [-0.3, -0.25) is 4.90 Å². The van der Waals surface area contributed by atoms with Crippen LogP contribution in [0.25, 0.3) is 0 Å². The number of benzene rings is 1. The molecule has 0 saturated heterocycles. The summed E-state index contributed by atoms with van der Waals surface area (Å²) in [5.74, 6) is 0. The molecule has 1 heterocycles. The normalized spacial score (nSPS) is 13.0. The van der Waals surface area contributed by atoms with E-state index in [1.165, 1.54) is 5.56 Å². The maximum atomic E-state index is 4.58. The lowest BCUT2D eigenvalue weighted by molar-refractivity contribution is 0.224. The zero-order valence-corrected chi connectivity index (χ0v) is 14.2.